The zero-order chi connectivity index (χ0) is 18.6. The van der Waals surface area contributed by atoms with Crippen LogP contribution >= 0.6 is 11.3 Å². The molecule has 7 heteroatoms. The standard InChI is InChI=1S/C19H21N5OS/c1-19(2,3)10-14(13-6-4-7-20-11-13)23-17(25)15-12-26-18(24-15)16-21-8-5-9-22-16/h4-9,11-12,14H,10H2,1-3H3,(H,23,25)/t14-/m0/s1. The normalized spacial score (nSPS) is 12.6. The molecule has 6 nitrogen and oxygen atoms in total. The van der Waals surface area contributed by atoms with Crippen molar-refractivity contribution in [3.63, 3.8) is 0 Å². The first-order valence-electron chi connectivity index (χ1n) is 8.36. The molecule has 0 spiro atoms. The van der Waals surface area contributed by atoms with Gasteiger partial charge in [0.05, 0.1) is 6.04 Å². The lowest BCUT2D eigenvalue weighted by Crippen LogP contribution is -2.31. The van der Waals surface area contributed by atoms with Crippen molar-refractivity contribution in [2.45, 2.75) is 33.2 Å². The van der Waals surface area contributed by atoms with E-state index in [0.29, 0.717) is 16.5 Å². The van der Waals surface area contributed by atoms with E-state index in [2.05, 4.69) is 46.0 Å². The van der Waals surface area contributed by atoms with Gasteiger partial charge in [0.25, 0.3) is 5.91 Å². The number of carbonyl (C=O) groups excluding carboxylic acids is 1. The molecule has 0 unspecified atom stereocenters. The van der Waals surface area contributed by atoms with Gasteiger partial charge in [-0.05, 0) is 29.5 Å². The van der Waals surface area contributed by atoms with Crippen LogP contribution in [0.3, 0.4) is 0 Å². The fraction of sp³-hybridized carbons (Fsp3) is 0.316. The number of rotatable bonds is 5. The lowest BCUT2D eigenvalue weighted by molar-refractivity contribution is 0.0922. The van der Waals surface area contributed by atoms with Crippen LogP contribution in [0.1, 0.15) is 49.3 Å². The first-order chi connectivity index (χ1) is 12.4. The number of amides is 1. The molecule has 1 amide bonds. The molecule has 0 fully saturated rings. The van der Waals surface area contributed by atoms with E-state index in [4.69, 9.17) is 0 Å². The van der Waals surface area contributed by atoms with Crippen molar-refractivity contribution in [1.29, 1.82) is 0 Å². The Balaban J connectivity index is 1.79. The summed E-state index contributed by atoms with van der Waals surface area (Å²) in [6.07, 6.45) is 7.63. The predicted molar refractivity (Wildman–Crippen MR) is 102 cm³/mol. The van der Waals surface area contributed by atoms with Crippen LogP contribution < -0.4 is 5.32 Å². The molecule has 1 atom stereocenters. The summed E-state index contributed by atoms with van der Waals surface area (Å²) in [6.45, 7) is 6.45. The quantitative estimate of drug-likeness (QED) is 0.740. The molecule has 1 N–H and O–H groups in total. The van der Waals surface area contributed by atoms with Crippen LogP contribution in [-0.2, 0) is 0 Å². The van der Waals surface area contributed by atoms with E-state index >= 15 is 0 Å². The number of aromatic nitrogens is 4. The molecule has 3 rings (SSSR count). The van der Waals surface area contributed by atoms with Crippen LogP contribution in [-0.4, -0.2) is 25.8 Å². The number of nitrogens with one attached hydrogen (secondary N) is 1. The molecular weight excluding hydrogens is 346 g/mol. The molecule has 3 aromatic rings. The highest BCUT2D eigenvalue weighted by molar-refractivity contribution is 7.13. The molecule has 26 heavy (non-hydrogen) atoms. The van der Waals surface area contributed by atoms with Gasteiger partial charge in [0.1, 0.15) is 5.69 Å². The minimum atomic E-state index is -0.207. The zero-order valence-corrected chi connectivity index (χ0v) is 15.8. The van der Waals surface area contributed by atoms with Gasteiger partial charge in [0, 0.05) is 30.2 Å². The summed E-state index contributed by atoms with van der Waals surface area (Å²) in [5, 5.41) is 5.46. The molecule has 0 saturated heterocycles. The second kappa shape index (κ2) is 7.70. The van der Waals surface area contributed by atoms with Crippen LogP contribution in [0.5, 0.6) is 0 Å². The Labute approximate surface area is 156 Å². The maximum Gasteiger partial charge on any atom is 0.271 e. The largest absolute Gasteiger partial charge is 0.344 e. The zero-order valence-electron chi connectivity index (χ0n) is 15.0. The topological polar surface area (TPSA) is 80.7 Å². The third kappa shape index (κ3) is 4.70. The van der Waals surface area contributed by atoms with Crippen molar-refractivity contribution in [2.75, 3.05) is 0 Å². The molecule has 0 saturated carbocycles. The van der Waals surface area contributed by atoms with E-state index in [1.165, 1.54) is 11.3 Å². The summed E-state index contributed by atoms with van der Waals surface area (Å²) in [6, 6.07) is 5.48. The molecule has 3 heterocycles. The Morgan fingerprint density at radius 3 is 2.62 bits per heavy atom. The van der Waals surface area contributed by atoms with Crippen LogP contribution in [0.25, 0.3) is 10.8 Å². The number of thiazole rings is 1. The maximum atomic E-state index is 12.7. The summed E-state index contributed by atoms with van der Waals surface area (Å²) >= 11 is 1.36. The summed E-state index contributed by atoms with van der Waals surface area (Å²) in [4.78, 5) is 29.6. The fourth-order valence-corrected chi connectivity index (χ4v) is 3.31. The van der Waals surface area contributed by atoms with Gasteiger partial charge in [-0.1, -0.05) is 26.8 Å². The van der Waals surface area contributed by atoms with Gasteiger partial charge < -0.3 is 5.32 Å². The Hall–Kier alpha value is -2.67. The summed E-state index contributed by atoms with van der Waals surface area (Å²) in [5.74, 6) is 0.316. The average Bonchev–Trinajstić information content (AvgIpc) is 3.12. The number of hydrogen-bond acceptors (Lipinski definition) is 6. The van der Waals surface area contributed by atoms with Gasteiger partial charge >= 0.3 is 0 Å². The third-order valence-electron chi connectivity index (χ3n) is 3.70. The fourth-order valence-electron chi connectivity index (χ4n) is 2.57. The smallest absolute Gasteiger partial charge is 0.271 e. The van der Waals surface area contributed by atoms with E-state index in [9.17, 15) is 4.79 Å². The SMILES string of the molecule is CC(C)(C)C[C@H](NC(=O)c1csc(-c2ncccn2)n1)c1cccnc1. The van der Waals surface area contributed by atoms with Gasteiger partial charge in [-0.3, -0.25) is 9.78 Å². The molecular formula is C19H21N5OS. The second-order valence-corrected chi connectivity index (χ2v) is 8.05. The van der Waals surface area contributed by atoms with Crippen molar-refractivity contribution >= 4 is 17.2 Å². The van der Waals surface area contributed by atoms with Crippen LogP contribution in [0.15, 0.2) is 48.4 Å². The van der Waals surface area contributed by atoms with Crippen molar-refractivity contribution in [1.82, 2.24) is 25.3 Å². The lowest BCUT2D eigenvalue weighted by atomic mass is 9.86. The highest BCUT2D eigenvalue weighted by Gasteiger charge is 2.24. The van der Waals surface area contributed by atoms with Crippen LogP contribution in [0.4, 0.5) is 0 Å². The Bertz CT molecular complexity index is 858. The number of hydrogen-bond donors (Lipinski definition) is 1. The predicted octanol–water partition coefficient (Wildman–Crippen LogP) is 3.90. The molecule has 0 radical (unpaired) electrons. The van der Waals surface area contributed by atoms with Gasteiger partial charge in [-0.2, -0.15) is 0 Å². The average molecular weight is 367 g/mol. The van der Waals surface area contributed by atoms with Gasteiger partial charge in [0.15, 0.2) is 10.8 Å². The van der Waals surface area contributed by atoms with Gasteiger partial charge in [0.2, 0.25) is 0 Å². The van der Waals surface area contributed by atoms with Crippen molar-refractivity contribution in [3.8, 4) is 10.8 Å². The summed E-state index contributed by atoms with van der Waals surface area (Å²) < 4.78 is 0. The van der Waals surface area contributed by atoms with Gasteiger partial charge in [-0.15, -0.1) is 11.3 Å². The first-order valence-corrected chi connectivity index (χ1v) is 9.24. The van der Waals surface area contributed by atoms with E-state index in [1.54, 1.807) is 36.2 Å². The third-order valence-corrected chi connectivity index (χ3v) is 4.54. The minimum absolute atomic E-state index is 0.0545. The Morgan fingerprint density at radius 2 is 1.96 bits per heavy atom. The minimum Gasteiger partial charge on any atom is -0.344 e. The first kappa shape index (κ1) is 18.1. The Kier molecular flexibility index (Phi) is 5.37. The van der Waals surface area contributed by atoms with E-state index < -0.39 is 0 Å². The number of pyridine rings is 1. The molecule has 0 bridgehead atoms. The second-order valence-electron chi connectivity index (χ2n) is 7.19. The number of nitrogens with zero attached hydrogens (tertiary/aromatic N) is 4. The van der Waals surface area contributed by atoms with Crippen molar-refractivity contribution in [3.05, 3.63) is 59.6 Å². The Morgan fingerprint density at radius 1 is 1.19 bits per heavy atom. The monoisotopic (exact) mass is 367 g/mol. The van der Waals surface area contributed by atoms with Crippen LogP contribution in [0, 0.1) is 5.41 Å². The molecule has 0 aliphatic heterocycles. The van der Waals surface area contributed by atoms with Gasteiger partial charge in [-0.25, -0.2) is 15.0 Å². The molecule has 3 aromatic heterocycles. The van der Waals surface area contributed by atoms with Crippen molar-refractivity contribution in [2.24, 2.45) is 5.41 Å². The summed E-state index contributed by atoms with van der Waals surface area (Å²) in [5.41, 5.74) is 1.41. The lowest BCUT2D eigenvalue weighted by Gasteiger charge is -2.26. The highest BCUT2D eigenvalue weighted by atomic mass is 32.1. The van der Waals surface area contributed by atoms with E-state index in [1.807, 2.05) is 12.1 Å². The summed E-state index contributed by atoms with van der Waals surface area (Å²) in [7, 11) is 0. The number of carbonyl (C=O) groups is 1. The molecule has 0 aliphatic carbocycles. The molecule has 0 aliphatic rings. The molecule has 0 aromatic carbocycles. The molecule has 134 valence electrons. The highest BCUT2D eigenvalue weighted by Crippen LogP contribution is 2.29. The van der Waals surface area contributed by atoms with E-state index in [0.717, 1.165) is 12.0 Å². The van der Waals surface area contributed by atoms with Crippen molar-refractivity contribution < 1.29 is 4.79 Å². The van der Waals surface area contributed by atoms with E-state index in [-0.39, 0.29) is 17.4 Å². The van der Waals surface area contributed by atoms with Crippen LogP contribution in [0.2, 0.25) is 0 Å². The maximum absolute atomic E-state index is 12.7.